The van der Waals surface area contributed by atoms with Crippen LogP contribution in [-0.2, 0) is 10.8 Å². The summed E-state index contributed by atoms with van der Waals surface area (Å²) in [4.78, 5) is 2.66. The van der Waals surface area contributed by atoms with E-state index in [0.717, 1.165) is 11.4 Å². The summed E-state index contributed by atoms with van der Waals surface area (Å²) in [6.45, 7) is 13.9. The van der Waals surface area contributed by atoms with E-state index in [2.05, 4.69) is 298 Å². The highest BCUT2D eigenvalue weighted by molar-refractivity contribution is 7.01. The van der Waals surface area contributed by atoms with Gasteiger partial charge in [0.05, 0.1) is 22.2 Å². The minimum absolute atomic E-state index is 0.0628. The molecule has 0 unspecified atom stereocenters. The van der Waals surface area contributed by atoms with Gasteiger partial charge in [-0.1, -0.05) is 230 Å². The van der Waals surface area contributed by atoms with Gasteiger partial charge >= 0.3 is 0 Å². The molecule has 0 bridgehead atoms. The van der Waals surface area contributed by atoms with Crippen LogP contribution in [0.4, 0.5) is 17.1 Å². The number of para-hydroxylation sites is 3. The third-order valence-electron chi connectivity index (χ3n) is 17.0. The highest BCUT2D eigenvalue weighted by Gasteiger charge is 2.45. The van der Waals surface area contributed by atoms with Gasteiger partial charge in [0.15, 0.2) is 0 Å². The number of fused-ring (bicyclic) bond motifs is 10. The van der Waals surface area contributed by atoms with Crippen molar-refractivity contribution in [1.82, 2.24) is 9.13 Å². The first-order valence-electron chi connectivity index (χ1n) is 27.6. The number of rotatable bonds is 6. The Hall–Kier alpha value is -9.12. The molecule has 15 rings (SSSR count). The van der Waals surface area contributed by atoms with Crippen LogP contribution in [0.2, 0.25) is 0 Å². The highest BCUT2D eigenvalue weighted by Crippen LogP contribution is 2.49. The van der Waals surface area contributed by atoms with Crippen LogP contribution < -0.4 is 21.3 Å². The van der Waals surface area contributed by atoms with Crippen molar-refractivity contribution in [2.24, 2.45) is 0 Å². The topological polar surface area (TPSA) is 13.1 Å². The molecule has 0 aliphatic carbocycles. The second-order valence-electron chi connectivity index (χ2n) is 23.7. The molecule has 2 aliphatic rings. The summed E-state index contributed by atoms with van der Waals surface area (Å²) >= 11 is 0. The summed E-state index contributed by atoms with van der Waals surface area (Å²) in [6, 6.07) is 91.6. The molecule has 0 N–H and O–H groups in total. The normalized spacial score (nSPS) is 12.9. The first-order chi connectivity index (χ1) is 38.0. The minimum atomic E-state index is -0.147. The molecular weight excluding hydrogens is 942 g/mol. The number of nitrogens with zero attached hydrogens (tertiary/aromatic N) is 3. The van der Waals surface area contributed by atoms with Gasteiger partial charge in [-0.15, -0.1) is 0 Å². The maximum absolute atomic E-state index is 2.66. The third-order valence-corrected chi connectivity index (χ3v) is 17.0. The molecule has 0 fully saturated rings. The standard InChI is InChI=1S/C74H58BN3/c1-73(2,3)53-39-52(40-54(44-53)74(4,5)6)56-31-19-21-33-63(56)77-67-45-61-58-32-20-22-34-64(58)76(55-29-17-10-18-30-55)66(61)46-62(67)75-70-57(49-27-15-9-16-28-49)37-38-60-59-36-35-50(47-23-11-7-12-24-47)41-65(59)78(72(60)70)69-43-51(42-68(77)71(69)75)48-25-13-8-14-26-48/h7-46H,1-6H3. The molecule has 78 heavy (non-hydrogen) atoms. The van der Waals surface area contributed by atoms with E-state index in [1.165, 1.54) is 133 Å². The molecule has 4 heterocycles. The number of benzene rings is 11. The van der Waals surface area contributed by atoms with Gasteiger partial charge in [0.2, 0.25) is 0 Å². The smallest absolute Gasteiger partial charge is 0.253 e. The van der Waals surface area contributed by atoms with Crippen molar-refractivity contribution in [3.8, 4) is 55.9 Å². The molecular formula is C74H58BN3. The minimum Gasteiger partial charge on any atom is -0.311 e. The Morgan fingerprint density at radius 2 is 0.872 bits per heavy atom. The van der Waals surface area contributed by atoms with E-state index in [1.54, 1.807) is 0 Å². The van der Waals surface area contributed by atoms with Crippen LogP contribution in [-0.4, -0.2) is 15.8 Å². The molecule has 0 spiro atoms. The van der Waals surface area contributed by atoms with Crippen LogP contribution in [0.3, 0.4) is 0 Å². The molecule has 0 saturated heterocycles. The Kier molecular flexibility index (Phi) is 10.2. The van der Waals surface area contributed by atoms with E-state index in [1.807, 2.05) is 0 Å². The molecule has 3 nitrogen and oxygen atoms in total. The Balaban J connectivity index is 1.14. The molecule has 0 saturated carbocycles. The van der Waals surface area contributed by atoms with Crippen LogP contribution in [0.5, 0.6) is 0 Å². The molecule has 4 heteroatoms. The average Bonchev–Trinajstić information content (AvgIpc) is 3.72. The molecule has 0 atom stereocenters. The lowest BCUT2D eigenvalue weighted by molar-refractivity contribution is 0.569. The number of hydrogen-bond acceptors (Lipinski definition) is 1. The average molecular weight is 1000 g/mol. The van der Waals surface area contributed by atoms with E-state index in [4.69, 9.17) is 0 Å². The van der Waals surface area contributed by atoms with Crippen LogP contribution >= 0.6 is 0 Å². The molecule has 2 aromatic heterocycles. The van der Waals surface area contributed by atoms with Crippen molar-refractivity contribution in [2.45, 2.75) is 52.4 Å². The van der Waals surface area contributed by atoms with Crippen LogP contribution in [0.25, 0.3) is 99.5 Å². The predicted octanol–water partition coefficient (Wildman–Crippen LogP) is 17.8. The van der Waals surface area contributed by atoms with E-state index < -0.39 is 0 Å². The fourth-order valence-corrected chi connectivity index (χ4v) is 13.1. The SMILES string of the molecule is CC(C)(C)c1cc(-c2ccccc2N2c3cc4c5ccccc5n(-c5ccccc5)c4cc3B3c4c2cc(-c2ccccc2)cc4-n2c4cc(-c5ccccc5)ccc4c4ccc(-c5ccccc5)c3c42)cc(C(C)(C)C)c1. The monoisotopic (exact) mass is 999 g/mol. The van der Waals surface area contributed by atoms with Gasteiger partial charge in [-0.05, 0) is 132 Å². The summed E-state index contributed by atoms with van der Waals surface area (Å²) in [5.74, 6) is 0. The van der Waals surface area contributed by atoms with E-state index >= 15 is 0 Å². The first-order valence-corrected chi connectivity index (χ1v) is 27.6. The van der Waals surface area contributed by atoms with Crippen molar-refractivity contribution in [2.75, 3.05) is 4.90 Å². The van der Waals surface area contributed by atoms with Gasteiger partial charge in [-0.2, -0.15) is 0 Å². The Bertz CT molecular complexity index is 4520. The van der Waals surface area contributed by atoms with Crippen molar-refractivity contribution in [3.63, 3.8) is 0 Å². The summed E-state index contributed by atoms with van der Waals surface area (Å²) < 4.78 is 5.14. The molecule has 0 amide bonds. The zero-order valence-corrected chi connectivity index (χ0v) is 45.0. The van der Waals surface area contributed by atoms with Gasteiger partial charge in [0, 0.05) is 55.4 Å². The highest BCUT2D eigenvalue weighted by atomic mass is 15.2. The molecule has 372 valence electrons. The lowest BCUT2D eigenvalue weighted by atomic mass is 9.33. The fraction of sp³-hybridized carbons (Fsp3) is 0.108. The zero-order chi connectivity index (χ0) is 52.6. The van der Waals surface area contributed by atoms with Crippen molar-refractivity contribution in [3.05, 3.63) is 254 Å². The maximum Gasteiger partial charge on any atom is 0.253 e. The maximum atomic E-state index is 2.66. The van der Waals surface area contributed by atoms with Gasteiger partial charge < -0.3 is 14.0 Å². The number of anilines is 3. The first kappa shape index (κ1) is 46.2. The van der Waals surface area contributed by atoms with Gasteiger partial charge in [0.1, 0.15) is 0 Å². The van der Waals surface area contributed by atoms with Crippen LogP contribution in [0.15, 0.2) is 243 Å². The summed E-state index contributed by atoms with van der Waals surface area (Å²) in [5.41, 5.74) is 26.9. The van der Waals surface area contributed by atoms with Gasteiger partial charge in [-0.3, -0.25) is 0 Å². The molecule has 11 aromatic carbocycles. The summed E-state index contributed by atoms with van der Waals surface area (Å²) in [6.07, 6.45) is 0. The third kappa shape index (κ3) is 7.05. The van der Waals surface area contributed by atoms with E-state index in [9.17, 15) is 0 Å². The number of hydrogen-bond donors (Lipinski definition) is 0. The van der Waals surface area contributed by atoms with Crippen LogP contribution in [0.1, 0.15) is 52.7 Å². The summed E-state index contributed by atoms with van der Waals surface area (Å²) in [5, 5.41) is 4.97. The largest absolute Gasteiger partial charge is 0.311 e. The Morgan fingerprint density at radius 1 is 0.308 bits per heavy atom. The van der Waals surface area contributed by atoms with E-state index in [0.29, 0.717) is 0 Å². The van der Waals surface area contributed by atoms with Crippen molar-refractivity contribution >= 4 is 83.8 Å². The second kappa shape index (κ2) is 17.2. The fourth-order valence-electron chi connectivity index (χ4n) is 13.1. The second-order valence-corrected chi connectivity index (χ2v) is 23.7. The van der Waals surface area contributed by atoms with Gasteiger partial charge in [-0.25, -0.2) is 0 Å². The van der Waals surface area contributed by atoms with E-state index in [-0.39, 0.29) is 17.5 Å². The Labute approximate surface area is 457 Å². The predicted molar refractivity (Wildman–Crippen MR) is 334 cm³/mol. The molecule has 0 radical (unpaired) electrons. The van der Waals surface area contributed by atoms with Gasteiger partial charge in [0.25, 0.3) is 6.71 Å². The van der Waals surface area contributed by atoms with Crippen molar-refractivity contribution in [1.29, 1.82) is 0 Å². The summed E-state index contributed by atoms with van der Waals surface area (Å²) in [7, 11) is 0. The molecule has 2 aliphatic heterocycles. The zero-order valence-electron chi connectivity index (χ0n) is 45.0. The van der Waals surface area contributed by atoms with Crippen LogP contribution in [0, 0.1) is 0 Å². The lowest BCUT2D eigenvalue weighted by Crippen LogP contribution is -2.61. The quantitative estimate of drug-likeness (QED) is 0.151. The Morgan fingerprint density at radius 3 is 1.56 bits per heavy atom. The molecule has 13 aromatic rings. The number of aromatic nitrogens is 2. The lowest BCUT2D eigenvalue weighted by Gasteiger charge is -2.42. The van der Waals surface area contributed by atoms with Crippen molar-refractivity contribution < 1.29 is 0 Å².